The standard InChI is InChI=1S/C18H25NO3/c1-13(2)5-4-6-14(3)11-18(22)19-10-9-15-7-8-16(20)17(21)12-15/h5,7-8,11-12,20-21H,4,6,9-10H2,1-3H3,(H,19,22). The normalized spacial score (nSPS) is 11.1. The topological polar surface area (TPSA) is 69.6 Å². The van der Waals surface area contributed by atoms with Gasteiger partial charge < -0.3 is 15.5 Å². The highest BCUT2D eigenvalue weighted by Crippen LogP contribution is 2.24. The lowest BCUT2D eigenvalue weighted by Crippen LogP contribution is -2.23. The molecular weight excluding hydrogens is 278 g/mol. The molecule has 0 fully saturated rings. The lowest BCUT2D eigenvalue weighted by Gasteiger charge is -2.05. The highest BCUT2D eigenvalue weighted by Gasteiger charge is 2.02. The molecule has 4 nitrogen and oxygen atoms in total. The molecule has 3 N–H and O–H groups in total. The third-order valence-electron chi connectivity index (χ3n) is 3.22. The zero-order valence-electron chi connectivity index (χ0n) is 13.5. The summed E-state index contributed by atoms with van der Waals surface area (Å²) >= 11 is 0. The van der Waals surface area contributed by atoms with E-state index in [1.54, 1.807) is 12.1 Å². The number of carbonyl (C=O) groups is 1. The SMILES string of the molecule is CC(C)=CCCC(C)=CC(=O)NCCc1ccc(O)c(O)c1. The Balaban J connectivity index is 2.36. The number of carbonyl (C=O) groups excluding carboxylic acids is 1. The summed E-state index contributed by atoms with van der Waals surface area (Å²) in [6.07, 6.45) is 6.22. The van der Waals surface area contributed by atoms with Crippen molar-refractivity contribution in [1.82, 2.24) is 5.32 Å². The summed E-state index contributed by atoms with van der Waals surface area (Å²) in [6.45, 7) is 6.57. The molecule has 0 heterocycles. The van der Waals surface area contributed by atoms with E-state index in [-0.39, 0.29) is 17.4 Å². The Kier molecular flexibility index (Phi) is 7.23. The van der Waals surface area contributed by atoms with Crippen LogP contribution in [0.3, 0.4) is 0 Å². The molecule has 0 atom stereocenters. The molecule has 1 amide bonds. The van der Waals surface area contributed by atoms with Crippen LogP contribution in [0.1, 0.15) is 39.2 Å². The molecule has 0 unspecified atom stereocenters. The van der Waals surface area contributed by atoms with E-state index < -0.39 is 0 Å². The molecular formula is C18H25NO3. The fourth-order valence-electron chi connectivity index (χ4n) is 1.99. The van der Waals surface area contributed by atoms with Gasteiger partial charge in [0.15, 0.2) is 11.5 Å². The first-order chi connectivity index (χ1) is 10.4. The van der Waals surface area contributed by atoms with Gasteiger partial charge in [0.2, 0.25) is 5.91 Å². The Labute approximate surface area is 132 Å². The molecule has 1 rings (SSSR count). The quantitative estimate of drug-likeness (QED) is 0.410. The number of hydrogen-bond donors (Lipinski definition) is 3. The molecule has 120 valence electrons. The second-order valence-corrected chi connectivity index (χ2v) is 5.67. The maximum absolute atomic E-state index is 11.8. The van der Waals surface area contributed by atoms with E-state index in [0.717, 1.165) is 24.0 Å². The maximum atomic E-state index is 11.8. The second kappa shape index (κ2) is 8.93. The van der Waals surface area contributed by atoms with Gasteiger partial charge in [0.05, 0.1) is 0 Å². The number of allylic oxidation sites excluding steroid dienone is 3. The zero-order chi connectivity index (χ0) is 16.5. The van der Waals surface area contributed by atoms with Crippen molar-refractivity contribution >= 4 is 5.91 Å². The van der Waals surface area contributed by atoms with E-state index in [0.29, 0.717) is 13.0 Å². The molecule has 0 aliphatic carbocycles. The van der Waals surface area contributed by atoms with Crippen molar-refractivity contribution in [2.45, 2.75) is 40.0 Å². The van der Waals surface area contributed by atoms with Crippen LogP contribution in [-0.4, -0.2) is 22.7 Å². The lowest BCUT2D eigenvalue weighted by molar-refractivity contribution is -0.116. The predicted octanol–water partition coefficient (Wildman–Crippen LogP) is 3.45. The minimum atomic E-state index is -0.140. The smallest absolute Gasteiger partial charge is 0.243 e. The fourth-order valence-corrected chi connectivity index (χ4v) is 1.99. The van der Waals surface area contributed by atoms with E-state index in [1.165, 1.54) is 17.7 Å². The Morgan fingerprint density at radius 2 is 1.91 bits per heavy atom. The van der Waals surface area contributed by atoms with Crippen LogP contribution < -0.4 is 5.32 Å². The summed E-state index contributed by atoms with van der Waals surface area (Å²) in [5.41, 5.74) is 3.20. The van der Waals surface area contributed by atoms with E-state index in [1.807, 2.05) is 6.92 Å². The molecule has 0 radical (unpaired) electrons. The molecule has 0 spiro atoms. The van der Waals surface area contributed by atoms with E-state index in [9.17, 15) is 15.0 Å². The minimum absolute atomic E-state index is 0.0994. The van der Waals surface area contributed by atoms with Gasteiger partial charge in [-0.1, -0.05) is 23.3 Å². The number of nitrogens with one attached hydrogen (secondary N) is 1. The van der Waals surface area contributed by atoms with E-state index >= 15 is 0 Å². The number of amides is 1. The summed E-state index contributed by atoms with van der Waals surface area (Å²) in [5, 5.41) is 21.4. The molecule has 0 bridgehead atoms. The van der Waals surface area contributed by atoms with Crippen molar-refractivity contribution in [1.29, 1.82) is 0 Å². The van der Waals surface area contributed by atoms with Gasteiger partial charge in [-0.15, -0.1) is 0 Å². The van der Waals surface area contributed by atoms with Crippen LogP contribution in [0.25, 0.3) is 0 Å². The third kappa shape index (κ3) is 6.97. The maximum Gasteiger partial charge on any atom is 0.243 e. The van der Waals surface area contributed by atoms with Gasteiger partial charge in [-0.05, 0) is 57.7 Å². The zero-order valence-corrected chi connectivity index (χ0v) is 13.5. The van der Waals surface area contributed by atoms with Crippen LogP contribution in [0.4, 0.5) is 0 Å². The van der Waals surface area contributed by atoms with Gasteiger partial charge in [-0.25, -0.2) is 0 Å². The van der Waals surface area contributed by atoms with Crippen LogP contribution in [0.5, 0.6) is 11.5 Å². The molecule has 0 aliphatic heterocycles. The number of phenolic OH excluding ortho intramolecular Hbond substituents is 2. The minimum Gasteiger partial charge on any atom is -0.504 e. The summed E-state index contributed by atoms with van der Waals surface area (Å²) in [6, 6.07) is 4.67. The summed E-state index contributed by atoms with van der Waals surface area (Å²) in [4.78, 5) is 11.8. The molecule has 0 saturated heterocycles. The van der Waals surface area contributed by atoms with Crippen LogP contribution in [0.15, 0.2) is 41.5 Å². The number of hydrogen-bond acceptors (Lipinski definition) is 3. The van der Waals surface area contributed by atoms with Crippen molar-refractivity contribution in [3.05, 3.63) is 47.1 Å². The van der Waals surface area contributed by atoms with Crippen molar-refractivity contribution in [2.24, 2.45) is 0 Å². The summed E-state index contributed by atoms with van der Waals surface area (Å²) < 4.78 is 0. The fraction of sp³-hybridized carbons (Fsp3) is 0.389. The largest absolute Gasteiger partial charge is 0.504 e. The van der Waals surface area contributed by atoms with Gasteiger partial charge in [0.25, 0.3) is 0 Å². The van der Waals surface area contributed by atoms with Crippen LogP contribution >= 0.6 is 0 Å². The number of aromatic hydroxyl groups is 2. The molecule has 0 aromatic heterocycles. The molecule has 1 aromatic rings. The lowest BCUT2D eigenvalue weighted by atomic mass is 10.1. The van der Waals surface area contributed by atoms with Crippen LogP contribution in [0.2, 0.25) is 0 Å². The van der Waals surface area contributed by atoms with Gasteiger partial charge in [0, 0.05) is 12.6 Å². The molecule has 1 aromatic carbocycles. The highest BCUT2D eigenvalue weighted by molar-refractivity contribution is 5.88. The van der Waals surface area contributed by atoms with E-state index in [2.05, 4.69) is 25.2 Å². The van der Waals surface area contributed by atoms with Crippen molar-refractivity contribution < 1.29 is 15.0 Å². The van der Waals surface area contributed by atoms with Gasteiger partial charge >= 0.3 is 0 Å². The molecule has 4 heteroatoms. The van der Waals surface area contributed by atoms with Crippen LogP contribution in [-0.2, 0) is 11.2 Å². The summed E-state index contributed by atoms with van der Waals surface area (Å²) in [5.74, 6) is -0.376. The molecule has 0 saturated carbocycles. The molecule has 22 heavy (non-hydrogen) atoms. The highest BCUT2D eigenvalue weighted by atomic mass is 16.3. The van der Waals surface area contributed by atoms with Crippen molar-refractivity contribution in [3.8, 4) is 11.5 Å². The summed E-state index contributed by atoms with van der Waals surface area (Å²) in [7, 11) is 0. The average molecular weight is 303 g/mol. The van der Waals surface area contributed by atoms with Gasteiger partial charge in [0.1, 0.15) is 0 Å². The number of benzene rings is 1. The second-order valence-electron chi connectivity index (χ2n) is 5.67. The first-order valence-electron chi connectivity index (χ1n) is 7.47. The monoisotopic (exact) mass is 303 g/mol. The van der Waals surface area contributed by atoms with Gasteiger partial charge in [-0.2, -0.15) is 0 Å². The Morgan fingerprint density at radius 1 is 1.18 bits per heavy atom. The Bertz CT molecular complexity index is 570. The van der Waals surface area contributed by atoms with Crippen molar-refractivity contribution in [3.63, 3.8) is 0 Å². The Morgan fingerprint density at radius 3 is 2.55 bits per heavy atom. The molecule has 0 aliphatic rings. The van der Waals surface area contributed by atoms with Crippen molar-refractivity contribution in [2.75, 3.05) is 6.54 Å². The van der Waals surface area contributed by atoms with Gasteiger partial charge in [-0.3, -0.25) is 4.79 Å². The third-order valence-corrected chi connectivity index (χ3v) is 3.22. The number of rotatable bonds is 7. The first kappa shape index (κ1) is 17.8. The van der Waals surface area contributed by atoms with E-state index in [4.69, 9.17) is 0 Å². The number of phenols is 2. The van der Waals surface area contributed by atoms with Crippen LogP contribution in [0, 0.1) is 0 Å². The average Bonchev–Trinajstić information content (AvgIpc) is 2.42. The first-order valence-corrected chi connectivity index (χ1v) is 7.47. The predicted molar refractivity (Wildman–Crippen MR) is 88.9 cm³/mol. The Hall–Kier alpha value is -2.23.